The largest absolute Gasteiger partial charge is 0.390 e. The Morgan fingerprint density at radius 3 is 2.28 bits per heavy atom. The number of aliphatic hydroxyl groups is 1. The van der Waals surface area contributed by atoms with Crippen LogP contribution in [0.1, 0.15) is 22.3 Å². The summed E-state index contributed by atoms with van der Waals surface area (Å²) in [6.07, 6.45) is 0.187. The van der Waals surface area contributed by atoms with E-state index in [0.717, 1.165) is 0 Å². The lowest BCUT2D eigenvalue weighted by Crippen LogP contribution is -2.20. The van der Waals surface area contributed by atoms with Crippen molar-refractivity contribution in [3.05, 3.63) is 34.4 Å². The summed E-state index contributed by atoms with van der Waals surface area (Å²) in [4.78, 5) is 0. The highest BCUT2D eigenvalue weighted by molar-refractivity contribution is 5.37. The van der Waals surface area contributed by atoms with Gasteiger partial charge >= 0.3 is 0 Å². The molecule has 0 spiro atoms. The number of methoxy groups -OCH3 is 1. The van der Waals surface area contributed by atoms with Gasteiger partial charge in [-0.15, -0.1) is 0 Å². The van der Waals surface area contributed by atoms with Crippen molar-refractivity contribution in [1.82, 2.24) is 0 Å². The molecule has 0 saturated carbocycles. The molecule has 0 amide bonds. The summed E-state index contributed by atoms with van der Waals surface area (Å²) < 4.78 is 10.2. The summed E-state index contributed by atoms with van der Waals surface area (Å²) in [6, 6.07) is 4.31. The minimum Gasteiger partial charge on any atom is -0.390 e. The van der Waals surface area contributed by atoms with E-state index in [9.17, 15) is 5.11 Å². The molecule has 3 nitrogen and oxygen atoms in total. The van der Waals surface area contributed by atoms with Crippen molar-refractivity contribution in [2.45, 2.75) is 33.3 Å². The highest BCUT2D eigenvalue weighted by Crippen LogP contribution is 2.18. The number of benzene rings is 1. The van der Waals surface area contributed by atoms with Crippen molar-refractivity contribution in [3.8, 4) is 0 Å². The Hall–Kier alpha value is -0.900. The van der Waals surface area contributed by atoms with E-state index in [1.807, 2.05) is 0 Å². The molecule has 1 N–H and O–H groups in total. The quantitative estimate of drug-likeness (QED) is 0.756. The van der Waals surface area contributed by atoms with Crippen LogP contribution in [0.15, 0.2) is 12.1 Å². The van der Waals surface area contributed by atoms with Crippen LogP contribution >= 0.6 is 0 Å². The van der Waals surface area contributed by atoms with Gasteiger partial charge in [0.05, 0.1) is 25.9 Å². The lowest BCUT2D eigenvalue weighted by atomic mass is 9.95. The monoisotopic (exact) mass is 252 g/mol. The van der Waals surface area contributed by atoms with E-state index in [0.29, 0.717) is 26.2 Å². The van der Waals surface area contributed by atoms with Gasteiger partial charge in [0.15, 0.2) is 0 Å². The molecule has 1 aromatic rings. The van der Waals surface area contributed by atoms with Gasteiger partial charge in [-0.1, -0.05) is 17.7 Å². The van der Waals surface area contributed by atoms with E-state index >= 15 is 0 Å². The fourth-order valence-corrected chi connectivity index (χ4v) is 2.19. The second-order valence-corrected chi connectivity index (χ2v) is 4.80. The first-order valence-corrected chi connectivity index (χ1v) is 6.36. The van der Waals surface area contributed by atoms with Crippen molar-refractivity contribution in [3.63, 3.8) is 0 Å². The molecule has 0 aliphatic heterocycles. The molecule has 102 valence electrons. The van der Waals surface area contributed by atoms with E-state index in [1.54, 1.807) is 7.11 Å². The standard InChI is InChI=1S/C15H24O3/c1-11-7-12(2)15(13(3)8-11)9-14(16)10-18-6-5-17-4/h7-8,14,16H,5-6,9-10H2,1-4H3. The highest BCUT2D eigenvalue weighted by atomic mass is 16.5. The van der Waals surface area contributed by atoms with Crippen molar-refractivity contribution in [1.29, 1.82) is 0 Å². The molecule has 1 atom stereocenters. The number of aliphatic hydroxyl groups excluding tert-OH is 1. The van der Waals surface area contributed by atoms with Gasteiger partial charge < -0.3 is 14.6 Å². The van der Waals surface area contributed by atoms with Gasteiger partial charge in [-0.2, -0.15) is 0 Å². The van der Waals surface area contributed by atoms with Crippen LogP contribution in [0.25, 0.3) is 0 Å². The lowest BCUT2D eigenvalue weighted by molar-refractivity contribution is 0.0136. The second kappa shape index (κ2) is 7.52. The molecule has 18 heavy (non-hydrogen) atoms. The third kappa shape index (κ3) is 4.77. The SMILES string of the molecule is COCCOCC(O)Cc1c(C)cc(C)cc1C. The Bertz CT molecular complexity index is 351. The zero-order valence-electron chi connectivity index (χ0n) is 11.8. The zero-order valence-corrected chi connectivity index (χ0v) is 11.8. The first-order chi connectivity index (χ1) is 8.54. The molecule has 1 rings (SSSR count). The Balaban J connectivity index is 2.51. The Kier molecular flexibility index (Phi) is 6.33. The van der Waals surface area contributed by atoms with E-state index in [-0.39, 0.29) is 0 Å². The molecule has 0 bridgehead atoms. The second-order valence-electron chi connectivity index (χ2n) is 4.80. The van der Waals surface area contributed by atoms with E-state index in [4.69, 9.17) is 9.47 Å². The Morgan fingerprint density at radius 2 is 1.72 bits per heavy atom. The number of ether oxygens (including phenoxy) is 2. The van der Waals surface area contributed by atoms with E-state index in [1.165, 1.54) is 22.3 Å². The van der Waals surface area contributed by atoms with Gasteiger partial charge in [-0.05, 0) is 37.5 Å². The van der Waals surface area contributed by atoms with Gasteiger partial charge in [0.2, 0.25) is 0 Å². The lowest BCUT2D eigenvalue weighted by Gasteiger charge is -2.16. The van der Waals surface area contributed by atoms with Crippen LogP contribution in [0.3, 0.4) is 0 Å². The fourth-order valence-electron chi connectivity index (χ4n) is 2.19. The molecule has 0 heterocycles. The predicted octanol–water partition coefficient (Wildman–Crippen LogP) is 2.18. The maximum absolute atomic E-state index is 9.95. The molecule has 1 unspecified atom stereocenters. The van der Waals surface area contributed by atoms with Crippen LogP contribution in [0.4, 0.5) is 0 Å². The number of rotatable bonds is 7. The zero-order chi connectivity index (χ0) is 13.5. The van der Waals surface area contributed by atoms with Crippen molar-refractivity contribution >= 4 is 0 Å². The number of hydrogen-bond acceptors (Lipinski definition) is 3. The highest BCUT2D eigenvalue weighted by Gasteiger charge is 2.10. The van der Waals surface area contributed by atoms with Crippen LogP contribution in [0, 0.1) is 20.8 Å². The summed E-state index contributed by atoms with van der Waals surface area (Å²) in [5.41, 5.74) is 4.97. The Labute approximate surface area is 110 Å². The van der Waals surface area contributed by atoms with E-state index < -0.39 is 6.10 Å². The topological polar surface area (TPSA) is 38.7 Å². The average molecular weight is 252 g/mol. The molecule has 0 saturated heterocycles. The fraction of sp³-hybridized carbons (Fsp3) is 0.600. The van der Waals surface area contributed by atoms with Gasteiger partial charge in [0, 0.05) is 13.5 Å². The third-order valence-electron chi connectivity index (χ3n) is 3.02. The van der Waals surface area contributed by atoms with Crippen LogP contribution in [-0.2, 0) is 15.9 Å². The summed E-state index contributed by atoms with van der Waals surface area (Å²) >= 11 is 0. The normalized spacial score (nSPS) is 12.7. The van der Waals surface area contributed by atoms with Gasteiger partial charge in [0.1, 0.15) is 0 Å². The van der Waals surface area contributed by atoms with Gasteiger partial charge in [0.25, 0.3) is 0 Å². The molecular weight excluding hydrogens is 228 g/mol. The summed E-state index contributed by atoms with van der Waals surface area (Å²) in [6.45, 7) is 7.72. The summed E-state index contributed by atoms with van der Waals surface area (Å²) in [7, 11) is 1.64. The van der Waals surface area contributed by atoms with Gasteiger partial charge in [-0.3, -0.25) is 0 Å². The molecule has 3 heteroatoms. The minimum atomic E-state index is -0.457. The molecule has 1 aromatic carbocycles. The minimum absolute atomic E-state index is 0.357. The summed E-state index contributed by atoms with van der Waals surface area (Å²) in [5, 5.41) is 9.95. The van der Waals surface area contributed by atoms with E-state index in [2.05, 4.69) is 32.9 Å². The van der Waals surface area contributed by atoms with Crippen LogP contribution < -0.4 is 0 Å². The maximum Gasteiger partial charge on any atom is 0.0814 e. The first-order valence-electron chi connectivity index (χ1n) is 6.36. The van der Waals surface area contributed by atoms with Crippen LogP contribution in [0.5, 0.6) is 0 Å². The Morgan fingerprint density at radius 1 is 1.11 bits per heavy atom. The summed E-state index contributed by atoms with van der Waals surface area (Å²) in [5.74, 6) is 0. The van der Waals surface area contributed by atoms with Crippen LogP contribution in [0.2, 0.25) is 0 Å². The maximum atomic E-state index is 9.95. The molecule has 0 fully saturated rings. The predicted molar refractivity (Wildman–Crippen MR) is 73.1 cm³/mol. The molecule has 0 radical (unpaired) electrons. The number of aryl methyl sites for hydroxylation is 3. The van der Waals surface area contributed by atoms with Gasteiger partial charge in [-0.25, -0.2) is 0 Å². The van der Waals surface area contributed by atoms with Crippen molar-refractivity contribution in [2.24, 2.45) is 0 Å². The molecule has 0 aromatic heterocycles. The van der Waals surface area contributed by atoms with Crippen molar-refractivity contribution < 1.29 is 14.6 Å². The smallest absolute Gasteiger partial charge is 0.0814 e. The first kappa shape index (κ1) is 15.2. The third-order valence-corrected chi connectivity index (χ3v) is 3.02. The molecule has 0 aliphatic rings. The molecule has 0 aliphatic carbocycles. The van der Waals surface area contributed by atoms with Crippen molar-refractivity contribution in [2.75, 3.05) is 26.9 Å². The van der Waals surface area contributed by atoms with Crippen LogP contribution in [-0.4, -0.2) is 38.1 Å². The number of hydrogen-bond donors (Lipinski definition) is 1. The average Bonchev–Trinajstić information content (AvgIpc) is 2.29. The molecular formula is C15H24O3.